The lowest BCUT2D eigenvalue weighted by Gasteiger charge is -2.36. The number of nitrogens with zero attached hydrogens (tertiary/aromatic N) is 2. The summed E-state index contributed by atoms with van der Waals surface area (Å²) in [6.07, 6.45) is 0.845. The zero-order valence-electron chi connectivity index (χ0n) is 15.1. The van der Waals surface area contributed by atoms with E-state index in [0.717, 1.165) is 12.1 Å². The molecule has 0 atom stereocenters. The molecule has 0 radical (unpaired) electrons. The molecule has 7 nitrogen and oxygen atoms in total. The van der Waals surface area contributed by atoms with Gasteiger partial charge in [-0.1, -0.05) is 12.1 Å². The summed E-state index contributed by atoms with van der Waals surface area (Å²) in [7, 11) is 0. The Bertz CT molecular complexity index is 819. The maximum atomic E-state index is 12.6. The van der Waals surface area contributed by atoms with Gasteiger partial charge >= 0.3 is 6.03 Å². The van der Waals surface area contributed by atoms with E-state index < -0.39 is 0 Å². The number of para-hydroxylation sites is 2. The third-order valence-electron chi connectivity index (χ3n) is 4.79. The lowest BCUT2D eigenvalue weighted by atomic mass is 10.2. The van der Waals surface area contributed by atoms with Gasteiger partial charge in [0.1, 0.15) is 5.75 Å². The molecule has 2 aromatic rings. The molecule has 0 bridgehead atoms. The second-order valence-corrected chi connectivity index (χ2v) is 6.60. The Hall–Kier alpha value is -3.09. The number of piperazine rings is 1. The van der Waals surface area contributed by atoms with Gasteiger partial charge in [0.25, 0.3) is 0 Å². The number of ether oxygens (including phenoxy) is 2. The van der Waals surface area contributed by atoms with Crippen LogP contribution in [0.3, 0.4) is 0 Å². The van der Waals surface area contributed by atoms with E-state index in [4.69, 9.17) is 9.47 Å². The number of rotatable bonds is 2. The van der Waals surface area contributed by atoms with Crippen molar-refractivity contribution >= 4 is 17.4 Å². The van der Waals surface area contributed by atoms with E-state index in [1.165, 1.54) is 0 Å². The van der Waals surface area contributed by atoms with Gasteiger partial charge in [0.15, 0.2) is 11.5 Å². The molecule has 2 N–H and O–H groups in total. The summed E-state index contributed by atoms with van der Waals surface area (Å²) >= 11 is 0. The number of phenolic OH excluding ortho intramolecular Hbond substituents is 1. The lowest BCUT2D eigenvalue weighted by molar-refractivity contribution is 0.208. The highest BCUT2D eigenvalue weighted by Gasteiger charge is 2.23. The van der Waals surface area contributed by atoms with E-state index in [2.05, 4.69) is 10.2 Å². The van der Waals surface area contributed by atoms with Gasteiger partial charge in [-0.3, -0.25) is 0 Å². The Morgan fingerprint density at radius 3 is 2.48 bits per heavy atom. The lowest BCUT2D eigenvalue weighted by Crippen LogP contribution is -2.50. The number of anilines is 2. The average molecular weight is 369 g/mol. The molecule has 142 valence electrons. The number of phenols is 1. The first-order valence-electron chi connectivity index (χ1n) is 9.19. The van der Waals surface area contributed by atoms with Crippen LogP contribution in [0.1, 0.15) is 6.42 Å². The molecule has 2 amide bonds. The minimum Gasteiger partial charge on any atom is -0.506 e. The molecule has 0 saturated carbocycles. The largest absolute Gasteiger partial charge is 0.506 e. The highest BCUT2D eigenvalue weighted by molar-refractivity contribution is 5.90. The molecule has 0 unspecified atom stereocenters. The average Bonchev–Trinajstić information content (AvgIpc) is 2.93. The van der Waals surface area contributed by atoms with Crippen LogP contribution >= 0.6 is 0 Å². The number of urea groups is 1. The van der Waals surface area contributed by atoms with Crippen molar-refractivity contribution in [2.24, 2.45) is 0 Å². The van der Waals surface area contributed by atoms with E-state index in [1.807, 2.05) is 24.3 Å². The number of hydrogen-bond donors (Lipinski definition) is 2. The van der Waals surface area contributed by atoms with E-state index >= 15 is 0 Å². The third kappa shape index (κ3) is 3.86. The fraction of sp³-hybridized carbons (Fsp3) is 0.350. The molecule has 1 fully saturated rings. The molecular weight excluding hydrogens is 346 g/mol. The summed E-state index contributed by atoms with van der Waals surface area (Å²) in [6.45, 7) is 3.77. The molecule has 2 aliphatic heterocycles. The second-order valence-electron chi connectivity index (χ2n) is 6.60. The van der Waals surface area contributed by atoms with Crippen LogP contribution in [0.4, 0.5) is 16.2 Å². The molecule has 0 aliphatic carbocycles. The van der Waals surface area contributed by atoms with E-state index in [-0.39, 0.29) is 11.8 Å². The molecule has 2 aliphatic rings. The Morgan fingerprint density at radius 1 is 0.963 bits per heavy atom. The monoisotopic (exact) mass is 369 g/mol. The van der Waals surface area contributed by atoms with Gasteiger partial charge in [0.05, 0.1) is 18.9 Å². The van der Waals surface area contributed by atoms with Gasteiger partial charge in [0.2, 0.25) is 0 Å². The van der Waals surface area contributed by atoms with Crippen molar-refractivity contribution in [2.45, 2.75) is 6.42 Å². The van der Waals surface area contributed by atoms with Crippen LogP contribution in [-0.2, 0) is 0 Å². The molecule has 1 saturated heterocycles. The number of nitrogens with one attached hydrogen (secondary N) is 1. The minimum absolute atomic E-state index is 0.138. The predicted molar refractivity (Wildman–Crippen MR) is 103 cm³/mol. The molecule has 2 heterocycles. The van der Waals surface area contributed by atoms with Crippen molar-refractivity contribution < 1.29 is 19.4 Å². The second kappa shape index (κ2) is 7.65. The van der Waals surface area contributed by atoms with Crippen LogP contribution < -0.4 is 19.7 Å². The normalized spacial score (nSPS) is 16.6. The predicted octanol–water partition coefficient (Wildman–Crippen LogP) is 2.91. The third-order valence-corrected chi connectivity index (χ3v) is 4.79. The van der Waals surface area contributed by atoms with Gasteiger partial charge in [-0.05, 0) is 24.3 Å². The number of aromatic hydroxyl groups is 1. The molecule has 27 heavy (non-hydrogen) atoms. The van der Waals surface area contributed by atoms with Crippen molar-refractivity contribution in [1.82, 2.24) is 4.90 Å². The Balaban J connectivity index is 1.36. The summed E-state index contributed by atoms with van der Waals surface area (Å²) in [6, 6.07) is 12.6. The van der Waals surface area contributed by atoms with Gasteiger partial charge in [-0.2, -0.15) is 0 Å². The van der Waals surface area contributed by atoms with E-state index in [9.17, 15) is 9.90 Å². The summed E-state index contributed by atoms with van der Waals surface area (Å²) in [4.78, 5) is 16.5. The zero-order valence-corrected chi connectivity index (χ0v) is 15.1. The zero-order chi connectivity index (χ0) is 18.6. The summed E-state index contributed by atoms with van der Waals surface area (Å²) in [5.74, 6) is 1.64. The standard InChI is InChI=1S/C20H23N3O4/c24-17-5-2-1-4-16(17)22-8-10-23(11-9-22)20(25)21-15-6-7-18-19(14-15)27-13-3-12-26-18/h1-2,4-7,14,24H,3,8-13H2,(H,21,25). The van der Waals surface area contributed by atoms with Crippen molar-refractivity contribution in [3.05, 3.63) is 42.5 Å². The van der Waals surface area contributed by atoms with Crippen molar-refractivity contribution in [3.63, 3.8) is 0 Å². The summed E-state index contributed by atoms with van der Waals surface area (Å²) in [5, 5.41) is 12.9. The van der Waals surface area contributed by atoms with E-state index in [1.54, 1.807) is 23.1 Å². The highest BCUT2D eigenvalue weighted by Crippen LogP contribution is 2.32. The first-order chi connectivity index (χ1) is 13.2. The van der Waals surface area contributed by atoms with Crippen LogP contribution in [0, 0.1) is 0 Å². The molecule has 4 rings (SSSR count). The first-order valence-corrected chi connectivity index (χ1v) is 9.19. The topological polar surface area (TPSA) is 74.3 Å². The Labute approximate surface area is 158 Å². The Morgan fingerprint density at radius 2 is 1.70 bits per heavy atom. The van der Waals surface area contributed by atoms with Crippen LogP contribution in [0.2, 0.25) is 0 Å². The Kier molecular flexibility index (Phi) is 4.91. The highest BCUT2D eigenvalue weighted by atomic mass is 16.5. The number of fused-ring (bicyclic) bond motifs is 1. The molecule has 7 heteroatoms. The van der Waals surface area contributed by atoms with Crippen LogP contribution in [-0.4, -0.2) is 55.4 Å². The molecule has 0 spiro atoms. The fourth-order valence-corrected chi connectivity index (χ4v) is 3.33. The first kappa shape index (κ1) is 17.3. The SMILES string of the molecule is O=C(Nc1ccc2c(c1)OCCCO2)N1CCN(c2ccccc2O)CC1. The molecule has 2 aromatic carbocycles. The molecular formula is C20H23N3O4. The van der Waals surface area contributed by atoms with Crippen LogP contribution in [0.5, 0.6) is 17.2 Å². The number of amides is 2. The minimum atomic E-state index is -0.138. The smallest absolute Gasteiger partial charge is 0.321 e. The number of carbonyl (C=O) groups excluding carboxylic acids is 1. The van der Waals surface area contributed by atoms with Gasteiger partial charge < -0.3 is 29.7 Å². The van der Waals surface area contributed by atoms with Crippen LogP contribution in [0.25, 0.3) is 0 Å². The fourth-order valence-electron chi connectivity index (χ4n) is 3.33. The number of benzene rings is 2. The van der Waals surface area contributed by atoms with Crippen molar-refractivity contribution in [2.75, 3.05) is 49.6 Å². The maximum absolute atomic E-state index is 12.6. The number of carbonyl (C=O) groups is 1. The summed E-state index contributed by atoms with van der Waals surface area (Å²) < 4.78 is 11.3. The van der Waals surface area contributed by atoms with Gasteiger partial charge in [-0.25, -0.2) is 4.79 Å². The quantitative estimate of drug-likeness (QED) is 0.851. The van der Waals surface area contributed by atoms with Crippen molar-refractivity contribution in [1.29, 1.82) is 0 Å². The van der Waals surface area contributed by atoms with Gasteiger partial charge in [-0.15, -0.1) is 0 Å². The van der Waals surface area contributed by atoms with Crippen LogP contribution in [0.15, 0.2) is 42.5 Å². The summed E-state index contributed by atoms with van der Waals surface area (Å²) in [5.41, 5.74) is 1.49. The van der Waals surface area contributed by atoms with E-state index in [0.29, 0.717) is 56.6 Å². The molecule has 0 aromatic heterocycles. The van der Waals surface area contributed by atoms with Gasteiger partial charge in [0, 0.05) is 44.4 Å². The maximum Gasteiger partial charge on any atom is 0.321 e. The van der Waals surface area contributed by atoms with Crippen molar-refractivity contribution in [3.8, 4) is 17.2 Å². The number of hydrogen-bond acceptors (Lipinski definition) is 5.